The Morgan fingerprint density at radius 1 is 1.24 bits per heavy atom. The van der Waals surface area contributed by atoms with Crippen molar-refractivity contribution < 1.29 is 23.9 Å². The van der Waals surface area contributed by atoms with Crippen molar-refractivity contribution in [3.8, 4) is 5.75 Å². The second-order valence-electron chi connectivity index (χ2n) is 7.33. The quantitative estimate of drug-likeness (QED) is 0.651. The van der Waals surface area contributed by atoms with E-state index in [1.54, 1.807) is 18.2 Å². The van der Waals surface area contributed by atoms with Gasteiger partial charge in [-0.15, -0.1) is 0 Å². The second-order valence-corrected chi connectivity index (χ2v) is 8.25. The van der Waals surface area contributed by atoms with Crippen molar-refractivity contribution in [1.29, 1.82) is 0 Å². The molecule has 1 N–H and O–H groups in total. The lowest BCUT2D eigenvalue weighted by molar-refractivity contribution is -0.153. The second kappa shape index (κ2) is 10.1. The normalized spacial score (nSPS) is 20.1. The van der Waals surface area contributed by atoms with E-state index < -0.39 is 12.0 Å². The molecule has 3 rings (SSSR count). The fraction of sp³-hybridized carbons (Fsp3) is 0.571. The maximum absolute atomic E-state index is 13.3. The Kier molecular flexibility index (Phi) is 7.52. The van der Waals surface area contributed by atoms with E-state index in [1.807, 2.05) is 6.92 Å². The molecule has 1 aliphatic heterocycles. The zero-order chi connectivity index (χ0) is 20.8. The monoisotopic (exact) mass is 466 g/mol. The molecule has 1 aromatic carbocycles. The van der Waals surface area contributed by atoms with Gasteiger partial charge < -0.3 is 19.7 Å². The molecule has 0 aromatic heterocycles. The minimum Gasteiger partial charge on any atom is -0.493 e. The summed E-state index contributed by atoms with van der Waals surface area (Å²) in [6, 6.07) is 4.30. The van der Waals surface area contributed by atoms with Crippen molar-refractivity contribution in [2.45, 2.75) is 57.6 Å². The van der Waals surface area contributed by atoms with Crippen LogP contribution in [0.2, 0.25) is 0 Å². The maximum atomic E-state index is 13.3. The summed E-state index contributed by atoms with van der Waals surface area (Å²) in [6.45, 7) is 2.93. The maximum Gasteiger partial charge on any atom is 0.308 e. The fourth-order valence-corrected chi connectivity index (χ4v) is 4.20. The summed E-state index contributed by atoms with van der Waals surface area (Å²) in [6.07, 6.45) is 4.76. The van der Waals surface area contributed by atoms with Crippen molar-refractivity contribution in [2.24, 2.45) is 0 Å². The third-order valence-electron chi connectivity index (χ3n) is 5.27. The third-order valence-corrected chi connectivity index (χ3v) is 5.77. The first-order valence-electron chi connectivity index (χ1n) is 10.2. The Labute approximate surface area is 179 Å². The van der Waals surface area contributed by atoms with Crippen LogP contribution in [0.4, 0.5) is 0 Å². The predicted molar refractivity (Wildman–Crippen MR) is 111 cm³/mol. The number of carbonyl (C=O) groups is 3. The van der Waals surface area contributed by atoms with Crippen molar-refractivity contribution in [3.05, 3.63) is 28.2 Å². The predicted octanol–water partition coefficient (Wildman–Crippen LogP) is 3.05. The van der Waals surface area contributed by atoms with E-state index in [4.69, 9.17) is 9.47 Å². The van der Waals surface area contributed by atoms with E-state index in [9.17, 15) is 14.4 Å². The number of nitrogens with zero attached hydrogens (tertiary/aromatic N) is 1. The number of hydrogen-bond donors (Lipinski definition) is 1. The molecule has 0 spiro atoms. The van der Waals surface area contributed by atoms with Gasteiger partial charge in [-0.25, -0.2) is 0 Å². The first-order chi connectivity index (χ1) is 14.0. The Balaban J connectivity index is 1.75. The molecule has 1 saturated heterocycles. The summed E-state index contributed by atoms with van der Waals surface area (Å²) in [5.74, 6) is -0.649. The molecule has 0 radical (unpaired) electrons. The van der Waals surface area contributed by atoms with Gasteiger partial charge in [-0.1, -0.05) is 22.4 Å². The number of amides is 2. The van der Waals surface area contributed by atoms with Crippen LogP contribution in [-0.2, 0) is 14.3 Å². The summed E-state index contributed by atoms with van der Waals surface area (Å²) in [5.41, 5.74) is 0.363. The molecule has 0 bridgehead atoms. The highest BCUT2D eigenvalue weighted by Crippen LogP contribution is 2.27. The molecule has 1 aliphatic carbocycles. The van der Waals surface area contributed by atoms with Gasteiger partial charge in [0.2, 0.25) is 5.91 Å². The number of esters is 1. The van der Waals surface area contributed by atoms with Crippen LogP contribution in [0.15, 0.2) is 22.7 Å². The van der Waals surface area contributed by atoms with Gasteiger partial charge in [0.25, 0.3) is 5.91 Å². The lowest BCUT2D eigenvalue weighted by atomic mass is 9.98. The lowest BCUT2D eigenvalue weighted by Crippen LogP contribution is -2.58. The molecule has 2 amide bonds. The Hall–Kier alpha value is -2.09. The molecule has 29 heavy (non-hydrogen) atoms. The van der Waals surface area contributed by atoms with Crippen molar-refractivity contribution in [1.82, 2.24) is 10.2 Å². The van der Waals surface area contributed by atoms with Gasteiger partial charge in [-0.05, 0) is 50.8 Å². The van der Waals surface area contributed by atoms with Crippen LogP contribution in [-0.4, -0.2) is 54.5 Å². The number of ether oxygens (including phenoxy) is 2. The van der Waals surface area contributed by atoms with Gasteiger partial charge in [0, 0.05) is 17.6 Å². The largest absolute Gasteiger partial charge is 0.493 e. The number of carbonyl (C=O) groups excluding carboxylic acids is 3. The lowest BCUT2D eigenvalue weighted by Gasteiger charge is -2.35. The molecule has 2 fully saturated rings. The summed E-state index contributed by atoms with van der Waals surface area (Å²) in [4.78, 5) is 39.7. The van der Waals surface area contributed by atoms with Gasteiger partial charge in [-0.3, -0.25) is 14.4 Å². The Morgan fingerprint density at radius 2 is 2.00 bits per heavy atom. The minimum atomic E-state index is -0.888. The molecular formula is C21H27BrN2O5. The molecule has 7 nitrogen and oxygen atoms in total. The molecular weight excluding hydrogens is 440 g/mol. The van der Waals surface area contributed by atoms with E-state index in [2.05, 4.69) is 21.2 Å². The molecule has 1 saturated carbocycles. The van der Waals surface area contributed by atoms with E-state index in [0.29, 0.717) is 31.0 Å². The Bertz CT molecular complexity index is 763. The standard InChI is InChI=1S/C21H27BrN2O5/c1-2-28-18-9-8-14(22)12-16(18)21(27)24-11-10-23-20(26)17(24)13-19(25)29-15-6-4-3-5-7-15/h8-9,12,15,17H,2-7,10-11,13H2,1H3,(H,23,26)/t17-/m0/s1. The van der Waals surface area contributed by atoms with Crippen molar-refractivity contribution in [3.63, 3.8) is 0 Å². The first-order valence-corrected chi connectivity index (χ1v) is 11.0. The summed E-state index contributed by atoms with van der Waals surface area (Å²) >= 11 is 3.38. The average molecular weight is 467 g/mol. The van der Waals surface area contributed by atoms with Crippen LogP contribution in [0, 0.1) is 0 Å². The highest BCUT2D eigenvalue weighted by molar-refractivity contribution is 9.10. The van der Waals surface area contributed by atoms with Gasteiger partial charge in [0.1, 0.15) is 17.9 Å². The molecule has 158 valence electrons. The van der Waals surface area contributed by atoms with Gasteiger partial charge in [0.05, 0.1) is 18.6 Å². The van der Waals surface area contributed by atoms with Gasteiger partial charge >= 0.3 is 5.97 Å². The summed E-state index contributed by atoms with van der Waals surface area (Å²) < 4.78 is 11.9. The van der Waals surface area contributed by atoms with E-state index in [0.717, 1.165) is 36.6 Å². The average Bonchev–Trinajstić information content (AvgIpc) is 2.71. The van der Waals surface area contributed by atoms with Crippen molar-refractivity contribution >= 4 is 33.7 Å². The zero-order valence-electron chi connectivity index (χ0n) is 16.6. The SMILES string of the molecule is CCOc1ccc(Br)cc1C(=O)N1CCNC(=O)[C@@H]1CC(=O)OC1CCCCC1. The molecule has 0 unspecified atom stereocenters. The molecule has 8 heteroatoms. The van der Waals surface area contributed by atoms with Crippen molar-refractivity contribution in [2.75, 3.05) is 19.7 Å². The van der Waals surface area contributed by atoms with Crippen LogP contribution in [0.25, 0.3) is 0 Å². The molecule has 1 heterocycles. The first kappa shape index (κ1) is 21.6. The van der Waals surface area contributed by atoms with E-state index in [1.165, 1.54) is 4.90 Å². The highest BCUT2D eigenvalue weighted by atomic mass is 79.9. The van der Waals surface area contributed by atoms with Crippen LogP contribution in [0.5, 0.6) is 5.75 Å². The molecule has 1 aromatic rings. The summed E-state index contributed by atoms with van der Waals surface area (Å²) in [7, 11) is 0. The highest BCUT2D eigenvalue weighted by Gasteiger charge is 2.37. The van der Waals surface area contributed by atoms with Gasteiger partial charge in [0.15, 0.2) is 0 Å². The number of hydrogen-bond acceptors (Lipinski definition) is 5. The van der Waals surface area contributed by atoms with Crippen LogP contribution in [0.3, 0.4) is 0 Å². The molecule has 2 aliphatic rings. The number of benzene rings is 1. The van der Waals surface area contributed by atoms with Crippen LogP contribution < -0.4 is 10.1 Å². The van der Waals surface area contributed by atoms with Crippen LogP contribution in [0.1, 0.15) is 55.8 Å². The van der Waals surface area contributed by atoms with Gasteiger partial charge in [-0.2, -0.15) is 0 Å². The number of nitrogens with one attached hydrogen (secondary N) is 1. The van der Waals surface area contributed by atoms with E-state index >= 15 is 0 Å². The fourth-order valence-electron chi connectivity index (χ4n) is 3.84. The number of piperazine rings is 1. The zero-order valence-corrected chi connectivity index (χ0v) is 18.2. The number of halogens is 1. The van der Waals surface area contributed by atoms with E-state index in [-0.39, 0.29) is 24.3 Å². The topological polar surface area (TPSA) is 84.9 Å². The minimum absolute atomic E-state index is 0.0818. The van der Waals surface area contributed by atoms with Crippen LogP contribution >= 0.6 is 15.9 Å². The Morgan fingerprint density at radius 3 is 2.72 bits per heavy atom. The molecule has 1 atom stereocenters. The smallest absolute Gasteiger partial charge is 0.308 e. The third kappa shape index (κ3) is 5.50. The summed E-state index contributed by atoms with van der Waals surface area (Å²) in [5, 5.41) is 2.75. The number of rotatable bonds is 6.